The van der Waals surface area contributed by atoms with E-state index in [1.807, 2.05) is 12.1 Å². The van der Waals surface area contributed by atoms with E-state index in [1.54, 1.807) is 17.0 Å². The number of nitrogens with one attached hydrogen (secondary N) is 1. The third-order valence-corrected chi connectivity index (χ3v) is 6.88. The van der Waals surface area contributed by atoms with Gasteiger partial charge in [-0.05, 0) is 54.9 Å². The van der Waals surface area contributed by atoms with Crippen molar-refractivity contribution in [2.24, 2.45) is 5.92 Å². The van der Waals surface area contributed by atoms with Crippen LogP contribution in [0.25, 0.3) is 11.1 Å². The van der Waals surface area contributed by atoms with Gasteiger partial charge in [-0.25, -0.2) is 21.9 Å². The lowest BCUT2D eigenvalue weighted by atomic mass is 9.95. The summed E-state index contributed by atoms with van der Waals surface area (Å²) >= 11 is 0. The number of hydrogen-bond donors (Lipinski definition) is 1. The van der Waals surface area contributed by atoms with Gasteiger partial charge in [-0.2, -0.15) is 0 Å². The fraction of sp³-hybridized carbons (Fsp3) is 0.435. The minimum Gasteiger partial charge on any atom is -0.342 e. The number of carbonyl (C=O) groups is 1. The van der Waals surface area contributed by atoms with E-state index in [1.165, 1.54) is 18.2 Å². The monoisotopic (exact) mass is 448 g/mol. The summed E-state index contributed by atoms with van der Waals surface area (Å²) in [5, 5.41) is 0. The largest absolute Gasteiger partial charge is 0.342 e. The molecule has 0 bridgehead atoms. The van der Waals surface area contributed by atoms with Crippen LogP contribution < -0.4 is 4.72 Å². The highest BCUT2D eigenvalue weighted by molar-refractivity contribution is 7.88. The molecule has 5 nitrogen and oxygen atoms in total. The SMILES string of the molecule is CS(=O)(=O)N[C@H]1CCCN(C(=O)[C@@H]2C[C@H]2c2ccccc2-c2c(F)cccc2F)CC1. The van der Waals surface area contributed by atoms with Crippen molar-refractivity contribution in [3.63, 3.8) is 0 Å². The van der Waals surface area contributed by atoms with Gasteiger partial charge in [0.05, 0.1) is 11.8 Å². The second kappa shape index (κ2) is 8.67. The second-order valence-electron chi connectivity index (χ2n) is 8.48. The first-order chi connectivity index (χ1) is 14.7. The van der Waals surface area contributed by atoms with Crippen molar-refractivity contribution < 1.29 is 22.0 Å². The van der Waals surface area contributed by atoms with E-state index in [2.05, 4.69) is 4.72 Å². The normalized spacial score (nSPS) is 24.0. The highest BCUT2D eigenvalue weighted by Gasteiger charge is 2.47. The molecule has 2 aromatic rings. The number of nitrogens with zero attached hydrogens (tertiary/aromatic N) is 1. The number of benzene rings is 2. The van der Waals surface area contributed by atoms with E-state index in [-0.39, 0.29) is 29.3 Å². The Balaban J connectivity index is 1.48. The van der Waals surface area contributed by atoms with E-state index in [9.17, 15) is 22.0 Å². The molecule has 1 aliphatic heterocycles. The molecule has 1 amide bonds. The van der Waals surface area contributed by atoms with Crippen molar-refractivity contribution in [3.05, 3.63) is 59.7 Å². The molecule has 1 heterocycles. The highest BCUT2D eigenvalue weighted by atomic mass is 32.2. The maximum absolute atomic E-state index is 14.4. The third kappa shape index (κ3) is 4.96. The van der Waals surface area contributed by atoms with Crippen molar-refractivity contribution in [1.82, 2.24) is 9.62 Å². The summed E-state index contributed by atoms with van der Waals surface area (Å²) in [4.78, 5) is 14.9. The quantitative estimate of drug-likeness (QED) is 0.759. The zero-order valence-corrected chi connectivity index (χ0v) is 18.2. The van der Waals surface area contributed by atoms with Crippen LogP contribution in [-0.2, 0) is 14.8 Å². The number of halogens is 2. The van der Waals surface area contributed by atoms with Gasteiger partial charge < -0.3 is 4.90 Å². The molecule has 4 rings (SSSR count). The zero-order valence-electron chi connectivity index (χ0n) is 17.4. The molecule has 31 heavy (non-hydrogen) atoms. The number of hydrogen-bond acceptors (Lipinski definition) is 3. The molecule has 0 aromatic heterocycles. The van der Waals surface area contributed by atoms with Gasteiger partial charge >= 0.3 is 0 Å². The molecule has 2 fully saturated rings. The van der Waals surface area contributed by atoms with Crippen LogP contribution in [0.1, 0.15) is 37.2 Å². The van der Waals surface area contributed by atoms with Gasteiger partial charge in [-0.1, -0.05) is 30.3 Å². The van der Waals surface area contributed by atoms with Crippen LogP contribution >= 0.6 is 0 Å². The summed E-state index contributed by atoms with van der Waals surface area (Å²) in [6, 6.07) is 10.8. The van der Waals surface area contributed by atoms with Crippen LogP contribution in [0.5, 0.6) is 0 Å². The van der Waals surface area contributed by atoms with Crippen LogP contribution in [0.3, 0.4) is 0 Å². The van der Waals surface area contributed by atoms with Gasteiger partial charge in [0.2, 0.25) is 15.9 Å². The average Bonchev–Trinajstić information content (AvgIpc) is 3.51. The Hall–Kier alpha value is -2.32. The van der Waals surface area contributed by atoms with E-state index < -0.39 is 21.7 Å². The molecule has 8 heteroatoms. The molecule has 2 aromatic carbocycles. The Kier molecular flexibility index (Phi) is 6.12. The van der Waals surface area contributed by atoms with Crippen LogP contribution in [0.15, 0.2) is 42.5 Å². The molecule has 1 saturated heterocycles. The molecule has 1 saturated carbocycles. The van der Waals surface area contributed by atoms with Crippen LogP contribution in [0.4, 0.5) is 8.78 Å². The van der Waals surface area contributed by atoms with Gasteiger partial charge in [-0.3, -0.25) is 4.79 Å². The zero-order chi connectivity index (χ0) is 22.2. The molecular weight excluding hydrogens is 422 g/mol. The van der Waals surface area contributed by atoms with Crippen LogP contribution in [0.2, 0.25) is 0 Å². The Morgan fingerprint density at radius 2 is 1.74 bits per heavy atom. The molecular formula is C23H26F2N2O3S. The lowest BCUT2D eigenvalue weighted by Gasteiger charge is -2.21. The van der Waals surface area contributed by atoms with Crippen molar-refractivity contribution in [2.45, 2.75) is 37.6 Å². The van der Waals surface area contributed by atoms with E-state index >= 15 is 0 Å². The number of carbonyl (C=O) groups excluding carboxylic acids is 1. The molecule has 2 aliphatic rings. The van der Waals surface area contributed by atoms with Crippen LogP contribution in [0, 0.1) is 17.6 Å². The predicted octanol–water partition coefficient (Wildman–Crippen LogP) is 3.67. The van der Waals surface area contributed by atoms with Crippen LogP contribution in [-0.4, -0.2) is 44.6 Å². The minimum atomic E-state index is -3.28. The van der Waals surface area contributed by atoms with Crippen molar-refractivity contribution >= 4 is 15.9 Å². The standard InChI is InChI=1S/C23H26F2N2O3S/c1-31(29,30)26-15-6-5-12-27(13-11-15)23(28)19-14-18(19)16-7-2-3-8-17(16)22-20(24)9-4-10-21(22)25/h2-4,7-10,15,18-19,26H,5-6,11-14H2,1H3/t15-,18-,19+/m0/s1. The van der Waals surface area contributed by atoms with Gasteiger partial charge in [-0.15, -0.1) is 0 Å². The number of sulfonamides is 1. The van der Waals surface area contributed by atoms with Crippen molar-refractivity contribution in [3.8, 4) is 11.1 Å². The molecule has 166 valence electrons. The smallest absolute Gasteiger partial charge is 0.226 e. The Labute approximate surface area is 181 Å². The molecule has 1 N–H and O–H groups in total. The first kappa shape index (κ1) is 21.9. The number of rotatable bonds is 5. The summed E-state index contributed by atoms with van der Waals surface area (Å²) in [5.74, 6) is -1.49. The average molecular weight is 449 g/mol. The van der Waals surface area contributed by atoms with E-state index in [0.29, 0.717) is 37.9 Å². The Bertz CT molecular complexity index is 1070. The lowest BCUT2D eigenvalue weighted by molar-refractivity contribution is -0.132. The molecule has 1 aliphatic carbocycles. The van der Waals surface area contributed by atoms with Gasteiger partial charge in [0.25, 0.3) is 0 Å². The predicted molar refractivity (Wildman–Crippen MR) is 115 cm³/mol. The van der Waals surface area contributed by atoms with Crippen molar-refractivity contribution in [1.29, 1.82) is 0 Å². The summed E-state index contributed by atoms with van der Waals surface area (Å²) in [6.45, 7) is 1.09. The first-order valence-electron chi connectivity index (χ1n) is 10.5. The third-order valence-electron chi connectivity index (χ3n) is 6.12. The Morgan fingerprint density at radius 3 is 2.45 bits per heavy atom. The maximum atomic E-state index is 14.4. The van der Waals surface area contributed by atoms with E-state index in [0.717, 1.165) is 18.2 Å². The molecule has 0 radical (unpaired) electrons. The maximum Gasteiger partial charge on any atom is 0.226 e. The number of amides is 1. The number of likely N-dealkylation sites (tertiary alicyclic amines) is 1. The minimum absolute atomic E-state index is 0.0359. The summed E-state index contributed by atoms with van der Waals surface area (Å²) in [6.07, 6.45) is 3.79. The van der Waals surface area contributed by atoms with E-state index in [4.69, 9.17) is 0 Å². The van der Waals surface area contributed by atoms with Gasteiger partial charge in [0, 0.05) is 25.0 Å². The lowest BCUT2D eigenvalue weighted by Crippen LogP contribution is -2.36. The molecule has 0 unspecified atom stereocenters. The van der Waals surface area contributed by atoms with Gasteiger partial charge in [0.1, 0.15) is 11.6 Å². The summed E-state index contributed by atoms with van der Waals surface area (Å²) < 4.78 is 54.4. The van der Waals surface area contributed by atoms with Gasteiger partial charge in [0.15, 0.2) is 0 Å². The van der Waals surface area contributed by atoms with Crippen molar-refractivity contribution in [2.75, 3.05) is 19.3 Å². The Morgan fingerprint density at radius 1 is 1.03 bits per heavy atom. The fourth-order valence-electron chi connectivity index (χ4n) is 4.59. The topological polar surface area (TPSA) is 66.5 Å². The second-order valence-corrected chi connectivity index (χ2v) is 10.3. The molecule has 3 atom stereocenters. The summed E-state index contributed by atoms with van der Waals surface area (Å²) in [7, 11) is -3.28. The molecule has 0 spiro atoms. The first-order valence-corrected chi connectivity index (χ1v) is 12.4. The summed E-state index contributed by atoms with van der Waals surface area (Å²) in [5.41, 5.74) is 1.23. The highest BCUT2D eigenvalue weighted by Crippen LogP contribution is 2.51. The fourth-order valence-corrected chi connectivity index (χ4v) is 5.43.